The summed E-state index contributed by atoms with van der Waals surface area (Å²) in [5.74, 6) is -0.135. The number of aromatic amines is 1. The molecular weight excluding hydrogens is 426 g/mol. The van der Waals surface area contributed by atoms with Gasteiger partial charge in [-0.1, -0.05) is 0 Å². The molecule has 2 fully saturated rings. The van der Waals surface area contributed by atoms with Crippen molar-refractivity contribution in [1.29, 1.82) is 0 Å². The van der Waals surface area contributed by atoms with E-state index in [-0.39, 0.29) is 11.5 Å². The summed E-state index contributed by atoms with van der Waals surface area (Å²) in [5.41, 5.74) is 3.72. The monoisotopic (exact) mass is 447 g/mol. The average molecular weight is 448 g/mol. The number of carbonyl (C=O) groups is 1. The quantitative estimate of drug-likeness (QED) is 0.654. The minimum absolute atomic E-state index is 0.0674. The molecule has 0 saturated carbocycles. The lowest BCUT2D eigenvalue weighted by Crippen LogP contribution is -2.52. The number of thiazole rings is 1. The Hall–Kier alpha value is -2.66. The molecule has 3 aromatic rings. The number of nitrogens with one attached hydrogen (secondary N) is 1. The second kappa shape index (κ2) is 7.24. The van der Waals surface area contributed by atoms with Crippen LogP contribution in [0.5, 0.6) is 0 Å². The molecule has 5 heterocycles. The van der Waals surface area contributed by atoms with Crippen LogP contribution in [0.4, 0.5) is 10.5 Å². The van der Waals surface area contributed by atoms with Crippen LogP contribution < -0.4 is 4.90 Å². The summed E-state index contributed by atoms with van der Waals surface area (Å²) in [6, 6.07) is 4.06. The number of hydrogen-bond acceptors (Lipinski definition) is 8. The van der Waals surface area contributed by atoms with E-state index in [4.69, 9.17) is 4.74 Å². The van der Waals surface area contributed by atoms with Crippen molar-refractivity contribution in [3.63, 3.8) is 0 Å². The lowest BCUT2D eigenvalue weighted by atomic mass is 10.2. The Morgan fingerprint density at radius 1 is 1.27 bits per heavy atom. The molecule has 0 radical (unpaired) electrons. The number of nitrogens with zero attached hydrogens (tertiary/aromatic N) is 4. The predicted molar refractivity (Wildman–Crippen MR) is 115 cm³/mol. The predicted octanol–water partition coefficient (Wildman–Crippen LogP) is 2.05. The summed E-state index contributed by atoms with van der Waals surface area (Å²) < 4.78 is 27.8. The number of ether oxygens (including phenoxy) is 1. The molecule has 1 amide bonds. The Kier molecular flexibility index (Phi) is 4.66. The van der Waals surface area contributed by atoms with E-state index in [0.717, 1.165) is 33.1 Å². The Labute approximate surface area is 177 Å². The zero-order valence-electron chi connectivity index (χ0n) is 16.4. The van der Waals surface area contributed by atoms with E-state index in [1.54, 1.807) is 22.4 Å². The van der Waals surface area contributed by atoms with Crippen molar-refractivity contribution in [2.24, 2.45) is 0 Å². The number of fused-ring (bicyclic) bond motifs is 1. The van der Waals surface area contributed by atoms with Crippen molar-refractivity contribution in [2.75, 3.05) is 42.6 Å². The molecule has 30 heavy (non-hydrogen) atoms. The summed E-state index contributed by atoms with van der Waals surface area (Å²) in [5, 5.41) is 4.06. The van der Waals surface area contributed by atoms with Gasteiger partial charge in [0.2, 0.25) is 0 Å². The van der Waals surface area contributed by atoms with Crippen LogP contribution in [0.25, 0.3) is 22.4 Å². The molecule has 0 aliphatic carbocycles. The van der Waals surface area contributed by atoms with Gasteiger partial charge in [0.1, 0.15) is 11.8 Å². The Morgan fingerprint density at radius 3 is 2.70 bits per heavy atom. The third-order valence-corrected chi connectivity index (χ3v) is 7.96. The lowest BCUT2D eigenvalue weighted by molar-refractivity contribution is 0.0723. The maximum absolute atomic E-state index is 12.3. The van der Waals surface area contributed by atoms with Gasteiger partial charge in [0, 0.05) is 48.8 Å². The average Bonchev–Trinajstić information content (AvgIpc) is 3.32. The number of rotatable bonds is 3. The van der Waals surface area contributed by atoms with Gasteiger partial charge in [0.05, 0.1) is 27.9 Å². The van der Waals surface area contributed by atoms with E-state index in [9.17, 15) is 13.2 Å². The highest BCUT2D eigenvalue weighted by Gasteiger charge is 2.37. The van der Waals surface area contributed by atoms with Gasteiger partial charge in [-0.3, -0.25) is 0 Å². The third kappa shape index (κ3) is 3.63. The Morgan fingerprint density at radius 2 is 2.03 bits per heavy atom. The van der Waals surface area contributed by atoms with Crippen molar-refractivity contribution < 1.29 is 17.9 Å². The minimum atomic E-state index is -3.01. The van der Waals surface area contributed by atoms with Crippen molar-refractivity contribution in [2.45, 2.75) is 13.0 Å². The fourth-order valence-corrected chi connectivity index (χ4v) is 5.63. The fourth-order valence-electron chi connectivity index (χ4n) is 3.85. The molecule has 2 aliphatic rings. The molecule has 3 aromatic heterocycles. The number of anilines is 1. The molecule has 2 aliphatic heterocycles. The molecule has 2 saturated heterocycles. The number of sulfone groups is 1. The highest BCUT2D eigenvalue weighted by atomic mass is 32.2. The molecule has 158 valence electrons. The molecule has 5 rings (SSSR count). The molecule has 0 atom stereocenters. The largest absolute Gasteiger partial charge is 0.444 e. The molecule has 9 nitrogen and oxygen atoms in total. The second-order valence-electron chi connectivity index (χ2n) is 7.58. The van der Waals surface area contributed by atoms with Gasteiger partial charge >= 0.3 is 6.09 Å². The standard InChI is InChI=1S/C19H21N5O4S2/c1-12-21-16(9-29-12)15-8-14-17(2-3-20-18(14)22-15)23-4-6-24(7-5-23)19(25)28-13-10-30(26,27)11-13/h2-3,8-9,13H,4-7,10-11H2,1H3,(H,20,22). The molecule has 11 heteroatoms. The first kappa shape index (κ1) is 19.3. The summed E-state index contributed by atoms with van der Waals surface area (Å²) in [6.07, 6.45) is 0.840. The fraction of sp³-hybridized carbons (Fsp3) is 0.421. The van der Waals surface area contributed by atoms with Gasteiger partial charge < -0.3 is 19.5 Å². The van der Waals surface area contributed by atoms with Crippen LogP contribution in [-0.4, -0.2) is 78.2 Å². The van der Waals surface area contributed by atoms with Crippen LogP contribution in [0.2, 0.25) is 0 Å². The first-order chi connectivity index (χ1) is 14.4. The summed E-state index contributed by atoms with van der Waals surface area (Å²) in [4.78, 5) is 28.5. The van der Waals surface area contributed by atoms with Crippen LogP contribution in [0.15, 0.2) is 23.7 Å². The van der Waals surface area contributed by atoms with Crippen LogP contribution in [-0.2, 0) is 14.6 Å². The van der Waals surface area contributed by atoms with E-state index in [2.05, 4.69) is 25.9 Å². The number of aromatic nitrogens is 3. The number of H-pyrrole nitrogens is 1. The zero-order chi connectivity index (χ0) is 20.9. The van der Waals surface area contributed by atoms with Gasteiger partial charge in [-0.05, 0) is 19.1 Å². The number of carbonyl (C=O) groups excluding carboxylic acids is 1. The van der Waals surface area contributed by atoms with Crippen molar-refractivity contribution in [3.8, 4) is 11.4 Å². The highest BCUT2D eigenvalue weighted by Crippen LogP contribution is 2.31. The third-order valence-electron chi connectivity index (χ3n) is 5.43. The second-order valence-corrected chi connectivity index (χ2v) is 10.8. The Bertz CT molecular complexity index is 1200. The molecule has 1 N–H and O–H groups in total. The van der Waals surface area contributed by atoms with Crippen LogP contribution in [0, 0.1) is 6.92 Å². The molecule has 0 aromatic carbocycles. The van der Waals surface area contributed by atoms with E-state index in [1.807, 2.05) is 18.4 Å². The minimum Gasteiger partial charge on any atom is -0.444 e. The highest BCUT2D eigenvalue weighted by molar-refractivity contribution is 7.92. The summed E-state index contributed by atoms with van der Waals surface area (Å²) in [6.45, 7) is 4.34. The first-order valence-electron chi connectivity index (χ1n) is 9.69. The molecule has 0 bridgehead atoms. The number of aryl methyl sites for hydroxylation is 1. The van der Waals surface area contributed by atoms with Crippen molar-refractivity contribution in [3.05, 3.63) is 28.7 Å². The zero-order valence-corrected chi connectivity index (χ0v) is 18.0. The molecule has 0 spiro atoms. The van der Waals surface area contributed by atoms with Gasteiger partial charge in [-0.25, -0.2) is 23.2 Å². The van der Waals surface area contributed by atoms with Gasteiger partial charge in [0.25, 0.3) is 0 Å². The first-order valence-corrected chi connectivity index (χ1v) is 12.4. The van der Waals surface area contributed by atoms with E-state index in [0.29, 0.717) is 26.2 Å². The van der Waals surface area contributed by atoms with Crippen LogP contribution in [0.3, 0.4) is 0 Å². The number of pyridine rings is 1. The van der Waals surface area contributed by atoms with Crippen LogP contribution in [0.1, 0.15) is 5.01 Å². The summed E-state index contributed by atoms with van der Waals surface area (Å²) >= 11 is 1.61. The lowest BCUT2D eigenvalue weighted by Gasteiger charge is -2.37. The number of piperazine rings is 1. The van der Waals surface area contributed by atoms with Gasteiger partial charge in [-0.15, -0.1) is 11.3 Å². The molecular formula is C19H21N5O4S2. The SMILES string of the molecule is Cc1nc(-c2cc3c(N4CCN(C(=O)OC5CS(=O)(=O)C5)CC4)ccnc3[nH]2)cs1. The van der Waals surface area contributed by atoms with Gasteiger partial charge in [0.15, 0.2) is 9.84 Å². The van der Waals surface area contributed by atoms with E-state index < -0.39 is 22.0 Å². The number of amides is 1. The van der Waals surface area contributed by atoms with Crippen LogP contribution >= 0.6 is 11.3 Å². The van der Waals surface area contributed by atoms with Gasteiger partial charge in [-0.2, -0.15) is 0 Å². The topological polar surface area (TPSA) is 108 Å². The van der Waals surface area contributed by atoms with E-state index >= 15 is 0 Å². The number of hydrogen-bond donors (Lipinski definition) is 1. The maximum Gasteiger partial charge on any atom is 0.410 e. The maximum atomic E-state index is 12.3. The summed E-state index contributed by atoms with van der Waals surface area (Å²) in [7, 11) is -3.01. The Balaban J connectivity index is 1.28. The van der Waals surface area contributed by atoms with Crippen molar-refractivity contribution >= 4 is 44.0 Å². The van der Waals surface area contributed by atoms with E-state index in [1.165, 1.54) is 0 Å². The normalized spacial score (nSPS) is 19.1. The molecule has 0 unspecified atom stereocenters. The van der Waals surface area contributed by atoms with Crippen molar-refractivity contribution in [1.82, 2.24) is 19.9 Å². The smallest absolute Gasteiger partial charge is 0.410 e.